The second-order valence-corrected chi connectivity index (χ2v) is 5.73. The highest BCUT2D eigenvalue weighted by atomic mass is 79.9. The highest BCUT2D eigenvalue weighted by molar-refractivity contribution is 9.10. The molecule has 0 radical (unpaired) electrons. The molecule has 2 unspecified atom stereocenters. The van der Waals surface area contributed by atoms with Crippen LogP contribution in [0.3, 0.4) is 0 Å². The average molecular weight is 328 g/mol. The first-order chi connectivity index (χ1) is 9.06. The van der Waals surface area contributed by atoms with Gasteiger partial charge in [-0.05, 0) is 24.6 Å². The number of carboxylic acids is 1. The molecular formula is C14H18BrNO3. The van der Waals surface area contributed by atoms with Gasteiger partial charge in [-0.2, -0.15) is 0 Å². The Kier molecular flexibility index (Phi) is 4.96. The number of halogens is 1. The van der Waals surface area contributed by atoms with E-state index in [9.17, 15) is 4.79 Å². The smallest absolute Gasteiger partial charge is 0.306 e. The zero-order valence-electron chi connectivity index (χ0n) is 10.9. The fraction of sp³-hybridized carbons (Fsp3) is 0.500. The Labute approximate surface area is 121 Å². The Morgan fingerprint density at radius 3 is 3.11 bits per heavy atom. The number of ether oxygens (including phenoxy) is 1. The van der Waals surface area contributed by atoms with Crippen LogP contribution in [0, 0.1) is 0 Å². The van der Waals surface area contributed by atoms with Gasteiger partial charge in [-0.15, -0.1) is 0 Å². The number of carboxylic acid groups (broad SMARTS) is 1. The van der Waals surface area contributed by atoms with Crippen molar-refractivity contribution in [2.45, 2.75) is 25.5 Å². The Morgan fingerprint density at radius 1 is 1.63 bits per heavy atom. The van der Waals surface area contributed by atoms with Crippen LogP contribution >= 0.6 is 15.9 Å². The van der Waals surface area contributed by atoms with Crippen molar-refractivity contribution in [3.63, 3.8) is 0 Å². The zero-order chi connectivity index (χ0) is 13.8. The first-order valence-corrected chi connectivity index (χ1v) is 7.18. The van der Waals surface area contributed by atoms with E-state index in [0.29, 0.717) is 13.2 Å². The number of rotatable bonds is 4. The van der Waals surface area contributed by atoms with Crippen LogP contribution in [0.2, 0.25) is 0 Å². The molecule has 1 heterocycles. The van der Waals surface area contributed by atoms with Gasteiger partial charge >= 0.3 is 5.97 Å². The average Bonchev–Trinajstić information content (AvgIpc) is 2.37. The third-order valence-electron chi connectivity index (χ3n) is 3.45. The lowest BCUT2D eigenvalue weighted by Gasteiger charge is -2.36. The molecule has 0 aliphatic carbocycles. The van der Waals surface area contributed by atoms with Gasteiger partial charge in [0.2, 0.25) is 0 Å². The van der Waals surface area contributed by atoms with E-state index < -0.39 is 5.97 Å². The first kappa shape index (κ1) is 14.5. The quantitative estimate of drug-likeness (QED) is 0.923. The molecule has 0 spiro atoms. The normalized spacial score (nSPS) is 22.1. The standard InChI is InChI=1S/C14H18BrNO3/c1-10(11-3-2-4-12(15)7-11)16-5-6-19-13(9-16)8-14(17)18/h2-4,7,10,13H,5-6,8-9H2,1H3,(H,17,18). The number of benzene rings is 1. The molecule has 104 valence electrons. The predicted molar refractivity (Wildman–Crippen MR) is 76.1 cm³/mol. The summed E-state index contributed by atoms with van der Waals surface area (Å²) in [4.78, 5) is 13.0. The van der Waals surface area contributed by atoms with E-state index in [-0.39, 0.29) is 18.6 Å². The summed E-state index contributed by atoms with van der Waals surface area (Å²) in [7, 11) is 0. The van der Waals surface area contributed by atoms with Crippen LogP contribution in [0.25, 0.3) is 0 Å². The van der Waals surface area contributed by atoms with Gasteiger partial charge in [-0.1, -0.05) is 28.1 Å². The SMILES string of the molecule is CC(c1cccc(Br)c1)N1CCOC(CC(=O)O)C1. The number of hydrogen-bond acceptors (Lipinski definition) is 3. The third kappa shape index (κ3) is 4.03. The second kappa shape index (κ2) is 6.50. The van der Waals surface area contributed by atoms with Crippen molar-refractivity contribution in [2.75, 3.05) is 19.7 Å². The molecule has 0 saturated carbocycles. The molecule has 1 aromatic carbocycles. The number of aliphatic carboxylic acids is 1. The van der Waals surface area contributed by atoms with E-state index in [4.69, 9.17) is 9.84 Å². The number of nitrogens with zero attached hydrogens (tertiary/aromatic N) is 1. The van der Waals surface area contributed by atoms with E-state index in [1.165, 1.54) is 5.56 Å². The second-order valence-electron chi connectivity index (χ2n) is 4.82. The molecule has 5 heteroatoms. The van der Waals surface area contributed by atoms with Gasteiger partial charge in [0.25, 0.3) is 0 Å². The van der Waals surface area contributed by atoms with Crippen LogP contribution in [0.4, 0.5) is 0 Å². The summed E-state index contributed by atoms with van der Waals surface area (Å²) in [6.07, 6.45) is -0.136. The first-order valence-electron chi connectivity index (χ1n) is 6.39. The third-order valence-corrected chi connectivity index (χ3v) is 3.94. The van der Waals surface area contributed by atoms with E-state index in [2.05, 4.69) is 39.9 Å². The van der Waals surface area contributed by atoms with Crippen molar-refractivity contribution in [1.82, 2.24) is 4.90 Å². The van der Waals surface area contributed by atoms with Gasteiger partial charge in [0.15, 0.2) is 0 Å². The summed E-state index contributed by atoms with van der Waals surface area (Å²) in [6, 6.07) is 8.48. The van der Waals surface area contributed by atoms with Crippen molar-refractivity contribution in [1.29, 1.82) is 0 Å². The molecule has 1 N–H and O–H groups in total. The molecule has 4 nitrogen and oxygen atoms in total. The highest BCUT2D eigenvalue weighted by Crippen LogP contribution is 2.25. The van der Waals surface area contributed by atoms with E-state index in [1.54, 1.807) is 0 Å². The highest BCUT2D eigenvalue weighted by Gasteiger charge is 2.26. The fourth-order valence-electron chi connectivity index (χ4n) is 2.39. The minimum absolute atomic E-state index is 0.0711. The molecule has 0 aromatic heterocycles. The van der Waals surface area contributed by atoms with Gasteiger partial charge in [-0.25, -0.2) is 0 Å². The van der Waals surface area contributed by atoms with Crippen LogP contribution in [0.15, 0.2) is 28.7 Å². The van der Waals surface area contributed by atoms with Crippen molar-refractivity contribution in [2.24, 2.45) is 0 Å². The number of morpholine rings is 1. The van der Waals surface area contributed by atoms with Crippen molar-refractivity contribution in [3.05, 3.63) is 34.3 Å². The Balaban J connectivity index is 2.02. The molecule has 1 saturated heterocycles. The number of hydrogen-bond donors (Lipinski definition) is 1. The predicted octanol–water partition coefficient (Wildman–Crippen LogP) is 2.69. The Bertz CT molecular complexity index is 452. The maximum absolute atomic E-state index is 10.8. The Hall–Kier alpha value is -0.910. The maximum atomic E-state index is 10.8. The lowest BCUT2D eigenvalue weighted by molar-refractivity contribution is -0.142. The minimum atomic E-state index is -0.804. The fourth-order valence-corrected chi connectivity index (χ4v) is 2.81. The molecule has 1 aliphatic heterocycles. The van der Waals surface area contributed by atoms with Gasteiger partial charge in [0.1, 0.15) is 0 Å². The van der Waals surface area contributed by atoms with E-state index in [1.807, 2.05) is 12.1 Å². The van der Waals surface area contributed by atoms with Gasteiger partial charge in [0, 0.05) is 23.6 Å². The summed E-state index contributed by atoms with van der Waals surface area (Å²) >= 11 is 3.48. The molecule has 19 heavy (non-hydrogen) atoms. The monoisotopic (exact) mass is 327 g/mol. The lowest BCUT2D eigenvalue weighted by Crippen LogP contribution is -2.44. The summed E-state index contributed by atoms with van der Waals surface area (Å²) < 4.78 is 6.56. The van der Waals surface area contributed by atoms with Crippen LogP contribution in [-0.4, -0.2) is 41.8 Å². The number of carbonyl (C=O) groups is 1. The summed E-state index contributed by atoms with van der Waals surface area (Å²) in [5.74, 6) is -0.804. The van der Waals surface area contributed by atoms with Crippen molar-refractivity contribution in [3.8, 4) is 0 Å². The van der Waals surface area contributed by atoms with Crippen molar-refractivity contribution < 1.29 is 14.6 Å². The van der Waals surface area contributed by atoms with Crippen LogP contribution in [0.5, 0.6) is 0 Å². The van der Waals surface area contributed by atoms with Gasteiger partial charge < -0.3 is 9.84 Å². The molecule has 2 atom stereocenters. The van der Waals surface area contributed by atoms with Crippen LogP contribution in [0.1, 0.15) is 24.9 Å². The molecule has 1 aliphatic rings. The summed E-state index contributed by atoms with van der Waals surface area (Å²) in [6.45, 7) is 4.24. The summed E-state index contributed by atoms with van der Waals surface area (Å²) in [5.41, 5.74) is 1.23. The summed E-state index contributed by atoms with van der Waals surface area (Å²) in [5, 5.41) is 8.84. The molecule has 1 aromatic rings. The topological polar surface area (TPSA) is 49.8 Å². The van der Waals surface area contributed by atoms with Crippen LogP contribution < -0.4 is 0 Å². The zero-order valence-corrected chi connectivity index (χ0v) is 12.5. The minimum Gasteiger partial charge on any atom is -0.481 e. The largest absolute Gasteiger partial charge is 0.481 e. The van der Waals surface area contributed by atoms with Gasteiger partial charge in [-0.3, -0.25) is 9.69 Å². The van der Waals surface area contributed by atoms with Crippen molar-refractivity contribution >= 4 is 21.9 Å². The van der Waals surface area contributed by atoms with E-state index >= 15 is 0 Å². The van der Waals surface area contributed by atoms with E-state index in [0.717, 1.165) is 11.0 Å². The molecule has 0 bridgehead atoms. The lowest BCUT2D eigenvalue weighted by atomic mass is 10.1. The molecule has 2 rings (SSSR count). The van der Waals surface area contributed by atoms with Gasteiger partial charge in [0.05, 0.1) is 19.1 Å². The molecule has 0 amide bonds. The Morgan fingerprint density at radius 2 is 2.42 bits per heavy atom. The molecular weight excluding hydrogens is 310 g/mol. The maximum Gasteiger partial charge on any atom is 0.306 e. The molecule has 1 fully saturated rings. The van der Waals surface area contributed by atoms with Crippen LogP contribution in [-0.2, 0) is 9.53 Å².